The lowest BCUT2D eigenvalue weighted by Gasteiger charge is -2.14. The third kappa shape index (κ3) is 5.67. The maximum atomic E-state index is 12.7. The van der Waals surface area contributed by atoms with Gasteiger partial charge in [0.15, 0.2) is 11.5 Å². The highest BCUT2D eigenvalue weighted by atomic mass is 32.2. The predicted molar refractivity (Wildman–Crippen MR) is 121 cm³/mol. The SMILES string of the molecule is COc1cc(C=C2SC(=O)N(CC(=O)Nc3ccc(C)cc3)C2=O)ccc1OC(C)C. The number of methoxy groups -OCH3 is 1. The van der Waals surface area contributed by atoms with Gasteiger partial charge in [0.2, 0.25) is 5.91 Å². The second kappa shape index (κ2) is 9.70. The number of ether oxygens (including phenoxy) is 2. The number of anilines is 1. The number of aryl methyl sites for hydroxylation is 1. The topological polar surface area (TPSA) is 84.9 Å². The van der Waals surface area contributed by atoms with E-state index in [1.165, 1.54) is 7.11 Å². The molecule has 0 saturated carbocycles. The highest BCUT2D eigenvalue weighted by molar-refractivity contribution is 8.18. The van der Waals surface area contributed by atoms with E-state index in [2.05, 4.69) is 5.32 Å². The van der Waals surface area contributed by atoms with Gasteiger partial charge in [-0.1, -0.05) is 23.8 Å². The van der Waals surface area contributed by atoms with Gasteiger partial charge in [0.05, 0.1) is 18.1 Å². The standard InChI is InChI=1S/C23H24N2O5S/c1-14(2)30-18-10-7-16(11-19(18)29-4)12-20-22(27)25(23(28)31-20)13-21(26)24-17-8-5-15(3)6-9-17/h5-12,14H,13H2,1-4H3,(H,24,26). The summed E-state index contributed by atoms with van der Waals surface area (Å²) in [7, 11) is 1.53. The molecule has 0 atom stereocenters. The summed E-state index contributed by atoms with van der Waals surface area (Å²) in [6.45, 7) is 5.43. The lowest BCUT2D eigenvalue weighted by atomic mass is 10.2. The fraction of sp³-hybridized carbons (Fsp3) is 0.261. The quantitative estimate of drug-likeness (QED) is 0.640. The molecule has 1 aliphatic heterocycles. The third-order valence-electron chi connectivity index (χ3n) is 4.36. The molecule has 0 spiro atoms. The summed E-state index contributed by atoms with van der Waals surface area (Å²) in [6, 6.07) is 12.5. The number of benzene rings is 2. The van der Waals surface area contributed by atoms with Crippen LogP contribution in [0.3, 0.4) is 0 Å². The second-order valence-electron chi connectivity index (χ2n) is 7.26. The summed E-state index contributed by atoms with van der Waals surface area (Å²) in [4.78, 5) is 38.5. The van der Waals surface area contributed by atoms with Crippen molar-refractivity contribution in [2.24, 2.45) is 0 Å². The van der Waals surface area contributed by atoms with Gasteiger partial charge in [0, 0.05) is 5.69 Å². The Balaban J connectivity index is 1.71. The number of amides is 3. The molecule has 2 aromatic rings. The second-order valence-corrected chi connectivity index (χ2v) is 8.25. The van der Waals surface area contributed by atoms with Gasteiger partial charge >= 0.3 is 0 Å². The largest absolute Gasteiger partial charge is 0.493 e. The summed E-state index contributed by atoms with van der Waals surface area (Å²) in [5.74, 6) is 0.175. The smallest absolute Gasteiger partial charge is 0.294 e. The van der Waals surface area contributed by atoms with E-state index in [1.54, 1.807) is 36.4 Å². The number of thioether (sulfide) groups is 1. The van der Waals surface area contributed by atoms with Gasteiger partial charge < -0.3 is 14.8 Å². The number of nitrogens with zero attached hydrogens (tertiary/aromatic N) is 1. The van der Waals surface area contributed by atoms with Crippen LogP contribution in [0.15, 0.2) is 47.4 Å². The lowest BCUT2D eigenvalue weighted by Crippen LogP contribution is -2.36. The van der Waals surface area contributed by atoms with Crippen molar-refractivity contribution in [2.75, 3.05) is 19.0 Å². The molecule has 1 aliphatic rings. The van der Waals surface area contributed by atoms with E-state index < -0.39 is 17.1 Å². The van der Waals surface area contributed by atoms with Crippen molar-refractivity contribution in [3.8, 4) is 11.5 Å². The molecule has 7 nitrogen and oxygen atoms in total. The molecule has 0 unspecified atom stereocenters. The first-order valence-electron chi connectivity index (χ1n) is 9.73. The number of carbonyl (C=O) groups is 3. The Morgan fingerprint density at radius 2 is 1.84 bits per heavy atom. The van der Waals surface area contributed by atoms with Crippen LogP contribution < -0.4 is 14.8 Å². The first kappa shape index (κ1) is 22.4. The van der Waals surface area contributed by atoms with E-state index in [-0.39, 0.29) is 17.6 Å². The summed E-state index contributed by atoms with van der Waals surface area (Å²) >= 11 is 0.802. The number of carbonyl (C=O) groups excluding carboxylic acids is 3. The molecular formula is C23H24N2O5S. The van der Waals surface area contributed by atoms with Gasteiger partial charge in [-0.05, 0) is 68.4 Å². The molecule has 0 aliphatic carbocycles. The van der Waals surface area contributed by atoms with Gasteiger partial charge in [-0.3, -0.25) is 19.3 Å². The Bertz CT molecular complexity index is 1030. The van der Waals surface area contributed by atoms with Crippen LogP contribution in [0.1, 0.15) is 25.0 Å². The van der Waals surface area contributed by atoms with E-state index >= 15 is 0 Å². The van der Waals surface area contributed by atoms with Crippen molar-refractivity contribution in [3.63, 3.8) is 0 Å². The van der Waals surface area contributed by atoms with Crippen LogP contribution in [0.2, 0.25) is 0 Å². The van der Waals surface area contributed by atoms with E-state index in [9.17, 15) is 14.4 Å². The highest BCUT2D eigenvalue weighted by Gasteiger charge is 2.36. The van der Waals surface area contributed by atoms with Gasteiger partial charge in [0.25, 0.3) is 11.1 Å². The Hall–Kier alpha value is -3.26. The average molecular weight is 441 g/mol. The van der Waals surface area contributed by atoms with Crippen molar-refractivity contribution in [1.29, 1.82) is 0 Å². The molecule has 1 fully saturated rings. The summed E-state index contributed by atoms with van der Waals surface area (Å²) < 4.78 is 11.1. The van der Waals surface area contributed by atoms with E-state index in [1.807, 2.05) is 32.9 Å². The Morgan fingerprint density at radius 1 is 1.13 bits per heavy atom. The maximum Gasteiger partial charge on any atom is 0.294 e. The Morgan fingerprint density at radius 3 is 2.48 bits per heavy atom. The first-order chi connectivity index (χ1) is 14.8. The van der Waals surface area contributed by atoms with E-state index in [4.69, 9.17) is 9.47 Å². The molecule has 3 amide bonds. The molecule has 0 radical (unpaired) electrons. The van der Waals surface area contributed by atoms with Crippen LogP contribution >= 0.6 is 11.8 Å². The average Bonchev–Trinajstić information content (AvgIpc) is 2.97. The molecule has 2 aromatic carbocycles. The molecular weight excluding hydrogens is 416 g/mol. The number of rotatable bonds is 7. The maximum absolute atomic E-state index is 12.7. The minimum atomic E-state index is -0.504. The number of imide groups is 1. The molecule has 0 bridgehead atoms. The van der Waals surface area contributed by atoms with Gasteiger partial charge in [-0.15, -0.1) is 0 Å². The fourth-order valence-electron chi connectivity index (χ4n) is 2.89. The van der Waals surface area contributed by atoms with E-state index in [0.29, 0.717) is 22.7 Å². The molecule has 1 heterocycles. The minimum absolute atomic E-state index is 0.0118. The Kier molecular flexibility index (Phi) is 7.02. The van der Waals surface area contributed by atoms with Crippen LogP contribution in [0.5, 0.6) is 11.5 Å². The zero-order chi connectivity index (χ0) is 22.5. The zero-order valence-electron chi connectivity index (χ0n) is 17.8. The van der Waals surface area contributed by atoms with Crippen molar-refractivity contribution in [2.45, 2.75) is 26.9 Å². The number of hydrogen-bond donors (Lipinski definition) is 1. The van der Waals surface area contributed by atoms with Crippen LogP contribution in [0.4, 0.5) is 10.5 Å². The van der Waals surface area contributed by atoms with Crippen LogP contribution in [0, 0.1) is 6.92 Å². The number of nitrogens with one attached hydrogen (secondary N) is 1. The fourth-order valence-corrected chi connectivity index (χ4v) is 3.73. The molecule has 1 saturated heterocycles. The van der Waals surface area contributed by atoms with Crippen molar-refractivity contribution < 1.29 is 23.9 Å². The Labute approximate surface area is 185 Å². The third-order valence-corrected chi connectivity index (χ3v) is 5.27. The molecule has 0 aromatic heterocycles. The zero-order valence-corrected chi connectivity index (χ0v) is 18.6. The lowest BCUT2D eigenvalue weighted by molar-refractivity contribution is -0.127. The van der Waals surface area contributed by atoms with Gasteiger partial charge in [0.1, 0.15) is 6.54 Å². The minimum Gasteiger partial charge on any atom is -0.493 e. The van der Waals surface area contributed by atoms with Crippen LogP contribution in [0.25, 0.3) is 6.08 Å². The molecule has 8 heteroatoms. The van der Waals surface area contributed by atoms with Crippen LogP contribution in [-0.2, 0) is 9.59 Å². The predicted octanol–water partition coefficient (Wildman–Crippen LogP) is 4.47. The van der Waals surface area contributed by atoms with E-state index in [0.717, 1.165) is 22.2 Å². The van der Waals surface area contributed by atoms with Gasteiger partial charge in [-0.2, -0.15) is 0 Å². The van der Waals surface area contributed by atoms with Crippen molar-refractivity contribution in [3.05, 3.63) is 58.5 Å². The van der Waals surface area contributed by atoms with Crippen molar-refractivity contribution >= 4 is 40.6 Å². The summed E-state index contributed by atoms with van der Waals surface area (Å²) in [6.07, 6.45) is 1.59. The van der Waals surface area contributed by atoms with Crippen molar-refractivity contribution in [1.82, 2.24) is 4.90 Å². The number of hydrogen-bond acceptors (Lipinski definition) is 6. The summed E-state index contributed by atoms with van der Waals surface area (Å²) in [5, 5.41) is 2.21. The summed E-state index contributed by atoms with van der Waals surface area (Å²) in [5.41, 5.74) is 2.35. The first-order valence-corrected chi connectivity index (χ1v) is 10.5. The molecule has 3 rings (SSSR count). The monoisotopic (exact) mass is 440 g/mol. The highest BCUT2D eigenvalue weighted by Crippen LogP contribution is 2.34. The molecule has 162 valence electrons. The van der Waals surface area contributed by atoms with Gasteiger partial charge in [-0.25, -0.2) is 0 Å². The molecule has 31 heavy (non-hydrogen) atoms. The molecule has 1 N–H and O–H groups in total. The van der Waals surface area contributed by atoms with Crippen LogP contribution in [-0.4, -0.2) is 41.7 Å². The normalized spacial score (nSPS) is 15.0.